The molecule has 112 valence electrons. The molecule has 1 saturated heterocycles. The number of hydrogen-bond acceptors (Lipinski definition) is 5. The predicted octanol–water partition coefficient (Wildman–Crippen LogP) is 2.46. The topological polar surface area (TPSA) is 60.6 Å². The maximum absolute atomic E-state index is 5.95. The molecular weight excluding hydrogens is 254 g/mol. The van der Waals surface area contributed by atoms with E-state index in [1.54, 1.807) is 7.11 Å². The van der Waals surface area contributed by atoms with Crippen molar-refractivity contribution in [1.82, 2.24) is 4.98 Å². The van der Waals surface area contributed by atoms with Gasteiger partial charge in [0.25, 0.3) is 0 Å². The van der Waals surface area contributed by atoms with Gasteiger partial charge in [0.2, 0.25) is 5.88 Å². The number of aromatic nitrogens is 1. The third kappa shape index (κ3) is 3.76. The summed E-state index contributed by atoms with van der Waals surface area (Å²) in [4.78, 5) is 6.80. The van der Waals surface area contributed by atoms with Crippen LogP contribution in [0.3, 0.4) is 0 Å². The lowest BCUT2D eigenvalue weighted by atomic mass is 10.1. The van der Waals surface area contributed by atoms with E-state index in [-0.39, 0.29) is 11.7 Å². The minimum absolute atomic E-state index is 0.273. The average molecular weight is 279 g/mol. The smallest absolute Gasteiger partial charge is 0.239 e. The molecule has 0 spiro atoms. The second-order valence-electron chi connectivity index (χ2n) is 6.22. The molecule has 2 N–H and O–H groups in total. The van der Waals surface area contributed by atoms with Crippen LogP contribution in [0.15, 0.2) is 12.1 Å². The molecule has 1 atom stereocenters. The number of rotatable bonds is 3. The third-order valence-electron chi connectivity index (χ3n) is 3.31. The first kappa shape index (κ1) is 14.9. The highest BCUT2D eigenvalue weighted by Crippen LogP contribution is 2.28. The van der Waals surface area contributed by atoms with Crippen LogP contribution in [0, 0.1) is 0 Å². The number of ether oxygens (including phenoxy) is 2. The summed E-state index contributed by atoms with van der Waals surface area (Å²) >= 11 is 0. The summed E-state index contributed by atoms with van der Waals surface area (Å²) in [6.07, 6.45) is 2.49. The second kappa shape index (κ2) is 5.87. The highest BCUT2D eigenvalue weighted by Gasteiger charge is 2.22. The van der Waals surface area contributed by atoms with Crippen LogP contribution >= 0.6 is 0 Å². The summed E-state index contributed by atoms with van der Waals surface area (Å²) in [6, 6.07) is 3.81. The molecule has 0 bridgehead atoms. The molecule has 1 fully saturated rings. The van der Waals surface area contributed by atoms with Crippen molar-refractivity contribution < 1.29 is 9.47 Å². The van der Waals surface area contributed by atoms with Crippen LogP contribution in [0.1, 0.15) is 33.6 Å². The Hall–Kier alpha value is -1.49. The maximum Gasteiger partial charge on any atom is 0.239 e. The monoisotopic (exact) mass is 279 g/mol. The molecular formula is C15H25N3O2. The zero-order valence-corrected chi connectivity index (χ0v) is 12.8. The zero-order chi connectivity index (χ0) is 14.8. The fraction of sp³-hybridized carbons (Fsp3) is 0.667. The van der Waals surface area contributed by atoms with Crippen LogP contribution < -0.4 is 15.4 Å². The molecule has 5 heteroatoms. The molecule has 5 nitrogen and oxygen atoms in total. The lowest BCUT2D eigenvalue weighted by Crippen LogP contribution is -2.39. The standard InChI is InChI=1S/C15H25N3O2/c1-15(2,3)20-14-12(16)7-8-13(17-14)18-9-5-6-11(10-18)19-4/h7-8,11H,5-6,9-10,16H2,1-4H3. The molecule has 20 heavy (non-hydrogen) atoms. The van der Waals surface area contributed by atoms with Gasteiger partial charge in [-0.05, 0) is 45.7 Å². The highest BCUT2D eigenvalue weighted by molar-refractivity contribution is 5.55. The SMILES string of the molecule is COC1CCCN(c2ccc(N)c(OC(C)(C)C)n2)C1. The number of piperidine rings is 1. The molecule has 0 amide bonds. The maximum atomic E-state index is 5.95. The highest BCUT2D eigenvalue weighted by atomic mass is 16.5. The Morgan fingerprint density at radius 1 is 1.35 bits per heavy atom. The Morgan fingerprint density at radius 2 is 2.10 bits per heavy atom. The van der Waals surface area contributed by atoms with Crippen molar-refractivity contribution >= 4 is 11.5 Å². The van der Waals surface area contributed by atoms with Gasteiger partial charge in [-0.2, -0.15) is 4.98 Å². The first-order valence-electron chi connectivity index (χ1n) is 7.12. The summed E-state index contributed by atoms with van der Waals surface area (Å²) in [6.45, 7) is 7.82. The molecule has 2 rings (SSSR count). The van der Waals surface area contributed by atoms with Gasteiger partial charge >= 0.3 is 0 Å². The molecule has 0 aliphatic carbocycles. The van der Waals surface area contributed by atoms with Crippen LogP contribution in [0.25, 0.3) is 0 Å². The fourth-order valence-electron chi connectivity index (χ4n) is 2.33. The van der Waals surface area contributed by atoms with Gasteiger partial charge in [0, 0.05) is 20.2 Å². The number of nitrogens with zero attached hydrogens (tertiary/aromatic N) is 2. The summed E-state index contributed by atoms with van der Waals surface area (Å²) in [5, 5.41) is 0. The van der Waals surface area contributed by atoms with E-state index >= 15 is 0 Å². The van der Waals surface area contributed by atoms with Gasteiger partial charge in [0.15, 0.2) is 0 Å². The van der Waals surface area contributed by atoms with Crippen LogP contribution in [0.5, 0.6) is 5.88 Å². The molecule has 1 unspecified atom stereocenters. The lowest BCUT2D eigenvalue weighted by Gasteiger charge is -2.33. The van der Waals surface area contributed by atoms with Crippen LogP contribution in [-0.4, -0.2) is 36.9 Å². The Balaban J connectivity index is 2.18. The number of methoxy groups -OCH3 is 1. The Kier molecular flexibility index (Phi) is 4.38. The molecule has 1 aromatic rings. The van der Waals surface area contributed by atoms with E-state index in [4.69, 9.17) is 15.2 Å². The van der Waals surface area contributed by atoms with Crippen LogP contribution in [0.2, 0.25) is 0 Å². The summed E-state index contributed by atoms with van der Waals surface area (Å²) in [5.74, 6) is 1.41. The predicted molar refractivity (Wildman–Crippen MR) is 81.3 cm³/mol. The van der Waals surface area contributed by atoms with Crippen molar-refractivity contribution in [3.8, 4) is 5.88 Å². The third-order valence-corrected chi connectivity index (χ3v) is 3.31. The average Bonchev–Trinajstić information content (AvgIpc) is 2.40. The van der Waals surface area contributed by atoms with E-state index in [0.717, 1.165) is 31.7 Å². The lowest BCUT2D eigenvalue weighted by molar-refractivity contribution is 0.0889. The fourth-order valence-corrected chi connectivity index (χ4v) is 2.33. The normalized spacial score (nSPS) is 20.0. The molecule has 0 radical (unpaired) electrons. The van der Waals surface area contributed by atoms with Gasteiger partial charge in [0.1, 0.15) is 11.4 Å². The van der Waals surface area contributed by atoms with Crippen molar-refractivity contribution in [2.45, 2.75) is 45.3 Å². The van der Waals surface area contributed by atoms with E-state index in [9.17, 15) is 0 Å². The molecule has 1 aromatic heterocycles. The number of anilines is 2. The van der Waals surface area contributed by atoms with Crippen molar-refractivity contribution in [2.24, 2.45) is 0 Å². The molecule has 0 saturated carbocycles. The Labute approximate surface area is 121 Å². The van der Waals surface area contributed by atoms with E-state index in [0.29, 0.717) is 11.6 Å². The van der Waals surface area contributed by atoms with Crippen molar-refractivity contribution in [3.63, 3.8) is 0 Å². The first-order chi connectivity index (χ1) is 9.39. The van der Waals surface area contributed by atoms with Gasteiger partial charge in [-0.1, -0.05) is 0 Å². The van der Waals surface area contributed by atoms with Crippen molar-refractivity contribution in [1.29, 1.82) is 0 Å². The molecule has 0 aromatic carbocycles. The number of nitrogens with two attached hydrogens (primary N) is 1. The van der Waals surface area contributed by atoms with Crippen molar-refractivity contribution in [2.75, 3.05) is 30.8 Å². The summed E-state index contributed by atoms with van der Waals surface area (Å²) < 4.78 is 11.3. The summed E-state index contributed by atoms with van der Waals surface area (Å²) in [5.41, 5.74) is 6.21. The number of pyridine rings is 1. The minimum atomic E-state index is -0.309. The van der Waals surface area contributed by atoms with Crippen LogP contribution in [-0.2, 0) is 4.74 Å². The van der Waals surface area contributed by atoms with Gasteiger partial charge in [0.05, 0.1) is 11.8 Å². The van der Waals surface area contributed by atoms with E-state index in [1.807, 2.05) is 32.9 Å². The van der Waals surface area contributed by atoms with Gasteiger partial charge in [-0.25, -0.2) is 0 Å². The minimum Gasteiger partial charge on any atom is -0.470 e. The van der Waals surface area contributed by atoms with Gasteiger partial charge < -0.3 is 20.1 Å². The zero-order valence-electron chi connectivity index (χ0n) is 12.8. The Bertz CT molecular complexity index is 457. The van der Waals surface area contributed by atoms with Gasteiger partial charge in [-0.15, -0.1) is 0 Å². The summed E-state index contributed by atoms with van der Waals surface area (Å²) in [7, 11) is 1.76. The Morgan fingerprint density at radius 3 is 2.75 bits per heavy atom. The van der Waals surface area contributed by atoms with Gasteiger partial charge in [-0.3, -0.25) is 0 Å². The van der Waals surface area contributed by atoms with Crippen molar-refractivity contribution in [3.05, 3.63) is 12.1 Å². The van der Waals surface area contributed by atoms with E-state index in [1.165, 1.54) is 0 Å². The molecule has 1 aliphatic heterocycles. The largest absolute Gasteiger partial charge is 0.470 e. The van der Waals surface area contributed by atoms with E-state index < -0.39 is 0 Å². The molecule has 2 heterocycles. The van der Waals surface area contributed by atoms with E-state index in [2.05, 4.69) is 9.88 Å². The first-order valence-corrected chi connectivity index (χ1v) is 7.12. The number of hydrogen-bond donors (Lipinski definition) is 1. The van der Waals surface area contributed by atoms with Crippen LogP contribution in [0.4, 0.5) is 11.5 Å². The quantitative estimate of drug-likeness (QED) is 0.921. The second-order valence-corrected chi connectivity index (χ2v) is 6.22. The number of nitrogen functional groups attached to an aromatic ring is 1. The molecule has 1 aliphatic rings.